The van der Waals surface area contributed by atoms with Crippen LogP contribution in [0.3, 0.4) is 0 Å². The fourth-order valence-electron chi connectivity index (χ4n) is 5.00. The van der Waals surface area contributed by atoms with Crippen molar-refractivity contribution in [1.82, 2.24) is 4.57 Å². The Morgan fingerprint density at radius 2 is 1.37 bits per heavy atom. The van der Waals surface area contributed by atoms with E-state index in [2.05, 4.69) is 85.4 Å². The second-order valence-electron chi connectivity index (χ2n) is 8.86. The summed E-state index contributed by atoms with van der Waals surface area (Å²) in [6.07, 6.45) is 11.5. The molecular formula is C29H31N. The number of nitrogens with zero attached hydrogens (tertiary/aromatic N) is 1. The normalized spacial score (nSPS) is 11.9. The molecule has 5 rings (SSSR count). The van der Waals surface area contributed by atoms with Gasteiger partial charge in [0.05, 0.1) is 5.52 Å². The summed E-state index contributed by atoms with van der Waals surface area (Å²) in [4.78, 5) is 0. The summed E-state index contributed by atoms with van der Waals surface area (Å²) in [5.41, 5.74) is 2.80. The van der Waals surface area contributed by atoms with Gasteiger partial charge in [-0.15, -0.1) is 0 Å². The van der Waals surface area contributed by atoms with Crippen LogP contribution in [-0.2, 0) is 13.5 Å². The van der Waals surface area contributed by atoms with Crippen LogP contribution < -0.4 is 0 Å². The third-order valence-corrected chi connectivity index (χ3v) is 6.69. The minimum absolute atomic E-state index is 1.20. The summed E-state index contributed by atoms with van der Waals surface area (Å²) in [5, 5.41) is 9.39. The Morgan fingerprint density at radius 1 is 0.600 bits per heavy atom. The van der Waals surface area contributed by atoms with Gasteiger partial charge in [-0.05, 0) is 63.5 Å². The molecule has 0 saturated carbocycles. The lowest BCUT2D eigenvalue weighted by atomic mass is 9.95. The number of rotatable bonds is 7. The van der Waals surface area contributed by atoms with Gasteiger partial charge in [-0.3, -0.25) is 0 Å². The smallest absolute Gasteiger partial charge is 0.0557 e. The number of hydrogen-bond acceptors (Lipinski definition) is 0. The van der Waals surface area contributed by atoms with Crippen LogP contribution >= 0.6 is 0 Å². The van der Waals surface area contributed by atoms with E-state index in [9.17, 15) is 0 Å². The summed E-state index contributed by atoms with van der Waals surface area (Å²) < 4.78 is 2.24. The van der Waals surface area contributed by atoms with Gasteiger partial charge < -0.3 is 4.57 Å². The monoisotopic (exact) mass is 393 g/mol. The van der Waals surface area contributed by atoms with Crippen molar-refractivity contribution in [1.29, 1.82) is 0 Å². The Kier molecular flexibility index (Phi) is 5.21. The van der Waals surface area contributed by atoms with Crippen LogP contribution in [0.5, 0.6) is 0 Å². The first kappa shape index (κ1) is 19.2. The highest BCUT2D eigenvalue weighted by Crippen LogP contribution is 2.34. The average molecular weight is 394 g/mol. The maximum atomic E-state index is 2.41. The number of hydrogen-bond donors (Lipinski definition) is 0. The van der Waals surface area contributed by atoms with Gasteiger partial charge in [0, 0.05) is 24.0 Å². The molecule has 0 aliphatic carbocycles. The first-order valence-corrected chi connectivity index (χ1v) is 11.6. The Bertz CT molecular complexity index is 1340. The molecule has 1 heteroatoms. The number of unbranched alkanes of at least 4 members (excludes halogenated alkanes) is 5. The fourth-order valence-corrected chi connectivity index (χ4v) is 5.00. The number of benzene rings is 4. The van der Waals surface area contributed by atoms with E-state index in [0.29, 0.717) is 0 Å². The SMILES string of the molecule is CCCCCCCCc1ccc2cc3c(ccc4c3ccc3ccn(C)c34)cc2c1. The molecule has 0 fully saturated rings. The Labute approximate surface area is 179 Å². The molecule has 0 unspecified atom stereocenters. The minimum Gasteiger partial charge on any atom is -0.350 e. The average Bonchev–Trinajstić information content (AvgIpc) is 3.15. The van der Waals surface area contributed by atoms with E-state index in [1.807, 2.05) is 0 Å². The van der Waals surface area contributed by atoms with Crippen molar-refractivity contribution in [2.45, 2.75) is 51.9 Å². The van der Waals surface area contributed by atoms with Gasteiger partial charge in [0.15, 0.2) is 0 Å². The lowest BCUT2D eigenvalue weighted by molar-refractivity contribution is 0.607. The quantitative estimate of drug-likeness (QED) is 0.148. The third-order valence-electron chi connectivity index (χ3n) is 6.69. The van der Waals surface area contributed by atoms with E-state index in [0.717, 1.165) is 0 Å². The predicted octanol–water partition coefficient (Wildman–Crippen LogP) is 8.54. The zero-order valence-corrected chi connectivity index (χ0v) is 18.2. The van der Waals surface area contributed by atoms with Gasteiger partial charge in [-0.25, -0.2) is 0 Å². The molecule has 1 aromatic heterocycles. The highest BCUT2D eigenvalue weighted by molar-refractivity contribution is 6.18. The van der Waals surface area contributed by atoms with Gasteiger partial charge >= 0.3 is 0 Å². The van der Waals surface area contributed by atoms with Crippen molar-refractivity contribution in [3.8, 4) is 0 Å². The molecule has 0 saturated heterocycles. The zero-order valence-electron chi connectivity index (χ0n) is 18.2. The molecule has 1 nitrogen and oxygen atoms in total. The number of aromatic nitrogens is 1. The fraction of sp³-hybridized carbons (Fsp3) is 0.310. The Morgan fingerprint density at radius 3 is 2.27 bits per heavy atom. The highest BCUT2D eigenvalue weighted by Gasteiger charge is 2.08. The molecular weight excluding hydrogens is 362 g/mol. The maximum Gasteiger partial charge on any atom is 0.0557 e. The summed E-state index contributed by atoms with van der Waals surface area (Å²) in [6.45, 7) is 2.28. The Hall–Kier alpha value is -2.80. The molecule has 4 aromatic carbocycles. The van der Waals surface area contributed by atoms with Crippen molar-refractivity contribution >= 4 is 43.2 Å². The summed E-state index contributed by atoms with van der Waals surface area (Å²) in [7, 11) is 2.14. The zero-order chi connectivity index (χ0) is 20.5. The third kappa shape index (κ3) is 3.47. The van der Waals surface area contributed by atoms with Crippen molar-refractivity contribution in [3.63, 3.8) is 0 Å². The summed E-state index contributed by atoms with van der Waals surface area (Å²) >= 11 is 0. The molecule has 0 atom stereocenters. The van der Waals surface area contributed by atoms with Crippen LogP contribution in [0.4, 0.5) is 0 Å². The number of fused-ring (bicyclic) bond motifs is 6. The lowest BCUT2D eigenvalue weighted by Gasteiger charge is -2.10. The standard InChI is InChI=1S/C29H31N/c1-3-4-5-6-7-8-9-21-10-11-23-20-28-24(19-25(23)18-21)13-15-27-26(28)14-12-22-16-17-30(2)29(22)27/h10-20H,3-9H2,1-2H3. The minimum atomic E-state index is 1.20. The first-order valence-electron chi connectivity index (χ1n) is 11.6. The molecule has 0 radical (unpaired) electrons. The van der Waals surface area contributed by atoms with Crippen molar-refractivity contribution in [2.24, 2.45) is 7.05 Å². The van der Waals surface area contributed by atoms with Gasteiger partial charge in [0.25, 0.3) is 0 Å². The highest BCUT2D eigenvalue weighted by atomic mass is 14.9. The van der Waals surface area contributed by atoms with Crippen molar-refractivity contribution < 1.29 is 0 Å². The van der Waals surface area contributed by atoms with E-state index in [1.165, 1.54) is 93.7 Å². The second kappa shape index (κ2) is 8.14. The summed E-state index contributed by atoms with van der Waals surface area (Å²) in [5.74, 6) is 0. The van der Waals surface area contributed by atoms with Crippen LogP contribution in [0.1, 0.15) is 51.0 Å². The lowest BCUT2D eigenvalue weighted by Crippen LogP contribution is -1.88. The topological polar surface area (TPSA) is 4.93 Å². The van der Waals surface area contributed by atoms with E-state index >= 15 is 0 Å². The van der Waals surface area contributed by atoms with Crippen molar-refractivity contribution in [3.05, 3.63) is 72.4 Å². The molecule has 0 amide bonds. The van der Waals surface area contributed by atoms with Crippen LogP contribution in [0.15, 0.2) is 66.9 Å². The van der Waals surface area contributed by atoms with Gasteiger partial charge in [-0.1, -0.05) is 81.5 Å². The molecule has 0 aliphatic heterocycles. The van der Waals surface area contributed by atoms with Gasteiger partial charge in [-0.2, -0.15) is 0 Å². The molecule has 30 heavy (non-hydrogen) atoms. The van der Waals surface area contributed by atoms with Gasteiger partial charge in [0.1, 0.15) is 0 Å². The van der Waals surface area contributed by atoms with E-state index in [4.69, 9.17) is 0 Å². The maximum absolute atomic E-state index is 2.41. The van der Waals surface area contributed by atoms with Gasteiger partial charge in [0.2, 0.25) is 0 Å². The second-order valence-corrected chi connectivity index (χ2v) is 8.86. The molecule has 1 heterocycles. The van der Waals surface area contributed by atoms with Crippen LogP contribution in [0.25, 0.3) is 43.2 Å². The van der Waals surface area contributed by atoms with Crippen LogP contribution in [0, 0.1) is 0 Å². The van der Waals surface area contributed by atoms with Crippen LogP contribution in [-0.4, -0.2) is 4.57 Å². The molecule has 152 valence electrons. The number of aryl methyl sites for hydroxylation is 2. The molecule has 0 bridgehead atoms. The van der Waals surface area contributed by atoms with Crippen molar-refractivity contribution in [2.75, 3.05) is 0 Å². The molecule has 5 aromatic rings. The summed E-state index contributed by atoms with van der Waals surface area (Å²) in [6, 6.07) is 23.2. The largest absolute Gasteiger partial charge is 0.350 e. The van der Waals surface area contributed by atoms with E-state index in [-0.39, 0.29) is 0 Å². The molecule has 0 spiro atoms. The first-order chi connectivity index (χ1) is 14.7. The molecule has 0 aliphatic rings. The van der Waals surface area contributed by atoms with E-state index < -0.39 is 0 Å². The molecule has 0 N–H and O–H groups in total. The Balaban J connectivity index is 1.49. The van der Waals surface area contributed by atoms with E-state index in [1.54, 1.807) is 0 Å². The van der Waals surface area contributed by atoms with Crippen LogP contribution in [0.2, 0.25) is 0 Å². The predicted molar refractivity (Wildman–Crippen MR) is 133 cm³/mol.